The summed E-state index contributed by atoms with van der Waals surface area (Å²) in [6, 6.07) is 3.76. The Bertz CT molecular complexity index is 770. The minimum absolute atomic E-state index is 0.106. The van der Waals surface area contributed by atoms with Crippen LogP contribution in [0.1, 0.15) is 32.4 Å². The van der Waals surface area contributed by atoms with Crippen LogP contribution in [0.5, 0.6) is 0 Å². The third-order valence-corrected chi connectivity index (χ3v) is 5.22. The van der Waals surface area contributed by atoms with E-state index in [9.17, 15) is 9.59 Å². The molecule has 0 saturated carbocycles. The van der Waals surface area contributed by atoms with Crippen molar-refractivity contribution in [3.8, 4) is 0 Å². The molecule has 1 aliphatic heterocycles. The second-order valence-corrected chi connectivity index (χ2v) is 6.91. The van der Waals surface area contributed by atoms with Gasteiger partial charge in [0, 0.05) is 31.4 Å². The molecule has 8 heteroatoms. The summed E-state index contributed by atoms with van der Waals surface area (Å²) >= 11 is 1.41. The number of nitrogens with one attached hydrogen (secondary N) is 1. The minimum atomic E-state index is -0.146. The highest BCUT2D eigenvalue weighted by Gasteiger charge is 2.24. The van der Waals surface area contributed by atoms with Gasteiger partial charge in [-0.15, -0.1) is 11.3 Å². The van der Waals surface area contributed by atoms with Crippen LogP contribution in [-0.2, 0) is 16.0 Å². The summed E-state index contributed by atoms with van der Waals surface area (Å²) in [5, 5.41) is 5.36. The maximum atomic E-state index is 12.2. The Kier molecular flexibility index (Phi) is 5.82. The van der Waals surface area contributed by atoms with Crippen molar-refractivity contribution in [2.45, 2.75) is 33.1 Å². The molecule has 0 atom stereocenters. The van der Waals surface area contributed by atoms with Crippen molar-refractivity contribution in [1.82, 2.24) is 9.97 Å². The average molecular weight is 373 g/mol. The van der Waals surface area contributed by atoms with Crippen molar-refractivity contribution in [3.05, 3.63) is 29.4 Å². The summed E-state index contributed by atoms with van der Waals surface area (Å²) in [5.74, 6) is 0.856. The van der Waals surface area contributed by atoms with Crippen molar-refractivity contribution >= 4 is 39.8 Å². The van der Waals surface area contributed by atoms with Gasteiger partial charge in [-0.25, -0.2) is 9.97 Å². The molecule has 7 nitrogen and oxygen atoms in total. The van der Waals surface area contributed by atoms with Crippen molar-refractivity contribution in [1.29, 1.82) is 0 Å². The molecule has 0 radical (unpaired) electrons. The lowest BCUT2D eigenvalue weighted by atomic mass is 10.3. The van der Waals surface area contributed by atoms with Gasteiger partial charge in [0.1, 0.15) is 5.82 Å². The molecule has 3 rings (SSSR count). The van der Waals surface area contributed by atoms with Gasteiger partial charge >= 0.3 is 0 Å². The lowest BCUT2D eigenvalue weighted by molar-refractivity contribution is -0.117. The number of amides is 2. The van der Waals surface area contributed by atoms with E-state index in [1.807, 2.05) is 17.5 Å². The van der Waals surface area contributed by atoms with Gasteiger partial charge in [-0.3, -0.25) is 14.5 Å². The smallest absolute Gasteiger partial charge is 0.230 e. The molecule has 1 N–H and O–H groups in total. The maximum absolute atomic E-state index is 12.2. The molecular weight excluding hydrogens is 350 g/mol. The topological polar surface area (TPSA) is 78.4 Å². The quantitative estimate of drug-likeness (QED) is 0.807. The third kappa shape index (κ3) is 4.19. The van der Waals surface area contributed by atoms with Gasteiger partial charge in [0.15, 0.2) is 5.13 Å². The van der Waals surface area contributed by atoms with Crippen LogP contribution in [0.4, 0.5) is 16.6 Å². The lowest BCUT2D eigenvalue weighted by Crippen LogP contribution is -2.23. The van der Waals surface area contributed by atoms with Gasteiger partial charge in [-0.1, -0.05) is 0 Å². The van der Waals surface area contributed by atoms with Crippen LogP contribution < -0.4 is 15.1 Å². The van der Waals surface area contributed by atoms with E-state index in [4.69, 9.17) is 0 Å². The van der Waals surface area contributed by atoms with Crippen LogP contribution in [-0.4, -0.2) is 41.4 Å². The molecule has 26 heavy (non-hydrogen) atoms. The second-order valence-electron chi connectivity index (χ2n) is 6.07. The van der Waals surface area contributed by atoms with Crippen LogP contribution in [0.25, 0.3) is 0 Å². The van der Waals surface area contributed by atoms with Crippen molar-refractivity contribution in [2.24, 2.45) is 0 Å². The van der Waals surface area contributed by atoms with Gasteiger partial charge < -0.3 is 10.2 Å². The van der Waals surface area contributed by atoms with E-state index in [-0.39, 0.29) is 18.2 Å². The van der Waals surface area contributed by atoms with Crippen LogP contribution in [0.2, 0.25) is 0 Å². The van der Waals surface area contributed by atoms with E-state index in [2.05, 4.69) is 34.0 Å². The summed E-state index contributed by atoms with van der Waals surface area (Å²) in [6.07, 6.45) is 3.29. The standard InChI is InChI=1S/C18H23N5O2S/c1-3-22(4-2)15-8-7-13(11-19-15)20-16(24)10-14-12-26-18(21-14)23-9-5-6-17(23)25/h7-8,11-12H,3-6,9-10H2,1-2H3,(H,20,24). The number of rotatable bonds is 7. The minimum Gasteiger partial charge on any atom is -0.357 e. The van der Waals surface area contributed by atoms with E-state index >= 15 is 0 Å². The molecule has 138 valence electrons. The number of anilines is 3. The third-order valence-electron chi connectivity index (χ3n) is 4.30. The van der Waals surface area contributed by atoms with E-state index in [1.165, 1.54) is 11.3 Å². The normalized spacial score (nSPS) is 13.9. The van der Waals surface area contributed by atoms with Gasteiger partial charge in [-0.2, -0.15) is 0 Å². The highest BCUT2D eigenvalue weighted by Crippen LogP contribution is 2.25. The Morgan fingerprint density at radius 2 is 2.15 bits per heavy atom. The summed E-state index contributed by atoms with van der Waals surface area (Å²) < 4.78 is 0. The summed E-state index contributed by atoms with van der Waals surface area (Å²) in [6.45, 7) is 6.65. The number of aromatic nitrogens is 2. The molecule has 2 aromatic rings. The molecule has 1 fully saturated rings. The zero-order valence-electron chi connectivity index (χ0n) is 15.1. The number of pyridine rings is 1. The molecule has 1 saturated heterocycles. The van der Waals surface area contributed by atoms with Crippen LogP contribution in [0.15, 0.2) is 23.7 Å². The number of carbonyl (C=O) groups is 2. The molecule has 1 aliphatic rings. The Hall–Kier alpha value is -2.48. The van der Waals surface area contributed by atoms with Crippen LogP contribution >= 0.6 is 11.3 Å². The van der Waals surface area contributed by atoms with Gasteiger partial charge in [0.05, 0.1) is 24.0 Å². The molecular formula is C18H23N5O2S. The summed E-state index contributed by atoms with van der Waals surface area (Å²) in [5.41, 5.74) is 1.34. The first-order chi connectivity index (χ1) is 12.6. The van der Waals surface area contributed by atoms with Crippen molar-refractivity contribution in [2.75, 3.05) is 34.8 Å². The molecule has 3 heterocycles. The highest BCUT2D eigenvalue weighted by atomic mass is 32.1. The predicted molar refractivity (Wildman–Crippen MR) is 104 cm³/mol. The van der Waals surface area contributed by atoms with Gasteiger partial charge in [0.2, 0.25) is 11.8 Å². The molecule has 0 aliphatic carbocycles. The Labute approximate surface area is 157 Å². The number of hydrogen-bond acceptors (Lipinski definition) is 6. The summed E-state index contributed by atoms with van der Waals surface area (Å²) in [4.78, 5) is 36.7. The van der Waals surface area contributed by atoms with E-state index in [1.54, 1.807) is 11.1 Å². The largest absolute Gasteiger partial charge is 0.357 e. The molecule has 2 aromatic heterocycles. The number of hydrogen-bond donors (Lipinski definition) is 1. The number of nitrogens with zero attached hydrogens (tertiary/aromatic N) is 4. The highest BCUT2D eigenvalue weighted by molar-refractivity contribution is 7.14. The van der Waals surface area contributed by atoms with E-state index in [0.717, 1.165) is 25.3 Å². The summed E-state index contributed by atoms with van der Waals surface area (Å²) in [7, 11) is 0. The molecule has 2 amide bonds. The monoisotopic (exact) mass is 373 g/mol. The van der Waals surface area contributed by atoms with Crippen molar-refractivity contribution < 1.29 is 9.59 Å². The van der Waals surface area contributed by atoms with Gasteiger partial charge in [0.25, 0.3) is 0 Å². The zero-order valence-corrected chi connectivity index (χ0v) is 15.9. The molecule has 0 spiro atoms. The average Bonchev–Trinajstić information content (AvgIpc) is 3.26. The first-order valence-electron chi connectivity index (χ1n) is 8.86. The van der Waals surface area contributed by atoms with E-state index < -0.39 is 0 Å². The maximum Gasteiger partial charge on any atom is 0.230 e. The Balaban J connectivity index is 1.57. The fourth-order valence-corrected chi connectivity index (χ4v) is 3.78. The predicted octanol–water partition coefficient (Wildman–Crippen LogP) is 2.69. The van der Waals surface area contributed by atoms with Crippen LogP contribution in [0.3, 0.4) is 0 Å². The zero-order chi connectivity index (χ0) is 18.5. The Morgan fingerprint density at radius 3 is 2.77 bits per heavy atom. The Morgan fingerprint density at radius 1 is 1.35 bits per heavy atom. The fraction of sp³-hybridized carbons (Fsp3) is 0.444. The van der Waals surface area contributed by atoms with E-state index in [0.29, 0.717) is 29.5 Å². The molecule has 0 unspecified atom stereocenters. The molecule has 0 aromatic carbocycles. The molecule has 0 bridgehead atoms. The second kappa shape index (κ2) is 8.27. The fourth-order valence-electron chi connectivity index (χ4n) is 2.92. The lowest BCUT2D eigenvalue weighted by Gasteiger charge is -2.19. The van der Waals surface area contributed by atoms with Crippen molar-refractivity contribution in [3.63, 3.8) is 0 Å². The van der Waals surface area contributed by atoms with Gasteiger partial charge in [-0.05, 0) is 32.4 Å². The first-order valence-corrected chi connectivity index (χ1v) is 9.74. The number of carbonyl (C=O) groups excluding carboxylic acids is 2. The first kappa shape index (κ1) is 18.3. The SMILES string of the molecule is CCN(CC)c1ccc(NC(=O)Cc2csc(N3CCCC3=O)n2)cn1. The van der Waals surface area contributed by atoms with Crippen LogP contribution in [0, 0.1) is 0 Å². The number of thiazole rings is 1.